The molecule has 2 heterocycles. The van der Waals surface area contributed by atoms with Crippen molar-refractivity contribution in [3.05, 3.63) is 18.2 Å². The Morgan fingerprint density at radius 2 is 2.64 bits per heavy atom. The summed E-state index contributed by atoms with van der Waals surface area (Å²) in [7, 11) is 1.99. The predicted molar refractivity (Wildman–Crippen MR) is 53.9 cm³/mol. The second-order valence-corrected chi connectivity index (χ2v) is 3.78. The Kier molecular flexibility index (Phi) is 3.16. The molecule has 1 N–H and O–H groups in total. The fourth-order valence-corrected chi connectivity index (χ4v) is 1.69. The highest BCUT2D eigenvalue weighted by molar-refractivity contribution is 4.95. The summed E-state index contributed by atoms with van der Waals surface area (Å²) in [5.41, 5.74) is 1.13. The van der Waals surface area contributed by atoms with Gasteiger partial charge in [-0.15, -0.1) is 0 Å². The van der Waals surface area contributed by atoms with Gasteiger partial charge in [0.2, 0.25) is 0 Å². The number of nitrogens with one attached hydrogen (secondary N) is 1. The summed E-state index contributed by atoms with van der Waals surface area (Å²) in [4.78, 5) is 4.05. The van der Waals surface area contributed by atoms with Crippen LogP contribution in [0.1, 0.15) is 18.5 Å². The minimum atomic E-state index is 0.374. The highest BCUT2D eigenvalue weighted by Gasteiger charge is 2.13. The molecule has 0 aromatic carbocycles. The first-order chi connectivity index (χ1) is 6.86. The maximum absolute atomic E-state index is 5.78. The summed E-state index contributed by atoms with van der Waals surface area (Å²) in [6, 6.07) is 0. The minimum absolute atomic E-state index is 0.374. The first-order valence-corrected chi connectivity index (χ1v) is 5.14. The standard InChI is InChI=1S/C10H17N3O/c1-13-8-12-5-9(13)7-14-10-3-2-4-11-6-10/h5,8,10-11H,2-4,6-7H2,1H3/t10-/m0/s1. The maximum Gasteiger partial charge on any atom is 0.0946 e. The third-order valence-electron chi connectivity index (χ3n) is 2.64. The first-order valence-electron chi connectivity index (χ1n) is 5.14. The maximum atomic E-state index is 5.78. The smallest absolute Gasteiger partial charge is 0.0946 e. The van der Waals surface area contributed by atoms with Crippen LogP contribution in [-0.4, -0.2) is 28.7 Å². The van der Waals surface area contributed by atoms with E-state index in [-0.39, 0.29) is 0 Å². The van der Waals surface area contributed by atoms with E-state index in [2.05, 4.69) is 10.3 Å². The second kappa shape index (κ2) is 4.57. The highest BCUT2D eigenvalue weighted by atomic mass is 16.5. The molecule has 0 unspecified atom stereocenters. The number of aromatic nitrogens is 2. The molecule has 2 rings (SSSR count). The van der Waals surface area contributed by atoms with Gasteiger partial charge < -0.3 is 14.6 Å². The lowest BCUT2D eigenvalue weighted by Gasteiger charge is -2.22. The van der Waals surface area contributed by atoms with Crippen LogP contribution in [0, 0.1) is 0 Å². The summed E-state index contributed by atoms with van der Waals surface area (Å²) >= 11 is 0. The van der Waals surface area contributed by atoms with E-state index in [1.165, 1.54) is 12.8 Å². The molecule has 1 aromatic rings. The number of imidazole rings is 1. The molecule has 78 valence electrons. The number of nitrogens with zero attached hydrogens (tertiary/aromatic N) is 2. The molecule has 1 aromatic heterocycles. The molecular formula is C10H17N3O. The van der Waals surface area contributed by atoms with Crippen LogP contribution in [0.15, 0.2) is 12.5 Å². The van der Waals surface area contributed by atoms with Gasteiger partial charge in [0.05, 0.1) is 30.9 Å². The van der Waals surface area contributed by atoms with Crippen molar-refractivity contribution >= 4 is 0 Å². The van der Waals surface area contributed by atoms with Crippen LogP contribution in [0.2, 0.25) is 0 Å². The van der Waals surface area contributed by atoms with Crippen LogP contribution in [0.3, 0.4) is 0 Å². The van der Waals surface area contributed by atoms with E-state index >= 15 is 0 Å². The molecule has 1 fully saturated rings. The predicted octanol–water partition coefficient (Wildman–Crippen LogP) is 0.689. The van der Waals surface area contributed by atoms with Crippen molar-refractivity contribution < 1.29 is 4.74 Å². The summed E-state index contributed by atoms with van der Waals surface area (Å²) in [5.74, 6) is 0. The zero-order valence-electron chi connectivity index (χ0n) is 8.57. The largest absolute Gasteiger partial charge is 0.371 e. The van der Waals surface area contributed by atoms with Crippen LogP contribution in [0.25, 0.3) is 0 Å². The van der Waals surface area contributed by atoms with Gasteiger partial charge in [0.25, 0.3) is 0 Å². The van der Waals surface area contributed by atoms with Gasteiger partial charge >= 0.3 is 0 Å². The molecule has 0 aliphatic carbocycles. The van der Waals surface area contributed by atoms with Crippen molar-refractivity contribution in [3.8, 4) is 0 Å². The quantitative estimate of drug-likeness (QED) is 0.771. The summed E-state index contributed by atoms with van der Waals surface area (Å²) in [6.45, 7) is 2.78. The van der Waals surface area contributed by atoms with E-state index in [0.29, 0.717) is 12.7 Å². The molecule has 4 nitrogen and oxygen atoms in total. The fourth-order valence-electron chi connectivity index (χ4n) is 1.69. The minimum Gasteiger partial charge on any atom is -0.371 e. The van der Waals surface area contributed by atoms with Crippen molar-refractivity contribution in [1.82, 2.24) is 14.9 Å². The second-order valence-electron chi connectivity index (χ2n) is 3.78. The Morgan fingerprint density at radius 3 is 3.29 bits per heavy atom. The van der Waals surface area contributed by atoms with E-state index in [1.807, 2.05) is 17.8 Å². The Morgan fingerprint density at radius 1 is 1.71 bits per heavy atom. The lowest BCUT2D eigenvalue weighted by Crippen LogP contribution is -2.35. The third kappa shape index (κ3) is 2.33. The van der Waals surface area contributed by atoms with Crippen LogP contribution in [-0.2, 0) is 18.4 Å². The Hall–Kier alpha value is -0.870. The number of hydrogen-bond acceptors (Lipinski definition) is 3. The average molecular weight is 195 g/mol. The van der Waals surface area contributed by atoms with Crippen LogP contribution in [0.5, 0.6) is 0 Å². The molecule has 0 bridgehead atoms. The molecule has 0 radical (unpaired) electrons. The highest BCUT2D eigenvalue weighted by Crippen LogP contribution is 2.09. The van der Waals surface area contributed by atoms with E-state index in [4.69, 9.17) is 4.74 Å². The zero-order chi connectivity index (χ0) is 9.80. The SMILES string of the molecule is Cn1cncc1CO[C@H]1CCCNC1. The van der Waals surface area contributed by atoms with Gasteiger partial charge in [0.15, 0.2) is 0 Å². The fraction of sp³-hybridized carbons (Fsp3) is 0.700. The van der Waals surface area contributed by atoms with Crippen molar-refractivity contribution in [2.24, 2.45) is 7.05 Å². The van der Waals surface area contributed by atoms with Crippen LogP contribution < -0.4 is 5.32 Å². The normalized spacial score (nSPS) is 22.5. The summed E-state index contributed by atoms with van der Waals surface area (Å²) in [6.07, 6.45) is 6.42. The average Bonchev–Trinajstić information content (AvgIpc) is 2.63. The molecule has 1 saturated heterocycles. The first kappa shape index (κ1) is 9.68. The van der Waals surface area contributed by atoms with Gasteiger partial charge in [-0.2, -0.15) is 0 Å². The summed E-state index contributed by atoms with van der Waals surface area (Å²) in [5, 5.41) is 3.33. The number of aryl methyl sites for hydroxylation is 1. The topological polar surface area (TPSA) is 39.1 Å². The number of rotatable bonds is 3. The van der Waals surface area contributed by atoms with Crippen molar-refractivity contribution in [2.45, 2.75) is 25.6 Å². The van der Waals surface area contributed by atoms with Gasteiger partial charge in [0.1, 0.15) is 0 Å². The number of hydrogen-bond donors (Lipinski definition) is 1. The molecule has 1 aliphatic rings. The van der Waals surface area contributed by atoms with Gasteiger partial charge in [-0.05, 0) is 19.4 Å². The molecular weight excluding hydrogens is 178 g/mol. The Bertz CT molecular complexity index is 279. The monoisotopic (exact) mass is 195 g/mol. The van der Waals surface area contributed by atoms with Crippen molar-refractivity contribution in [3.63, 3.8) is 0 Å². The Labute approximate surface area is 84.3 Å². The lowest BCUT2D eigenvalue weighted by molar-refractivity contribution is 0.0225. The van der Waals surface area contributed by atoms with Gasteiger partial charge in [-0.1, -0.05) is 0 Å². The van der Waals surface area contributed by atoms with Crippen LogP contribution in [0.4, 0.5) is 0 Å². The molecule has 1 aliphatic heterocycles. The Balaban J connectivity index is 1.79. The molecule has 1 atom stereocenters. The molecule has 4 heteroatoms. The number of piperidine rings is 1. The lowest BCUT2D eigenvalue weighted by atomic mass is 10.1. The number of ether oxygens (including phenoxy) is 1. The summed E-state index contributed by atoms with van der Waals surface area (Å²) < 4.78 is 7.78. The van der Waals surface area contributed by atoms with E-state index in [1.54, 1.807) is 6.33 Å². The van der Waals surface area contributed by atoms with E-state index in [9.17, 15) is 0 Å². The molecule has 0 amide bonds. The third-order valence-corrected chi connectivity index (χ3v) is 2.64. The molecule has 14 heavy (non-hydrogen) atoms. The van der Waals surface area contributed by atoms with E-state index < -0.39 is 0 Å². The zero-order valence-corrected chi connectivity index (χ0v) is 8.57. The van der Waals surface area contributed by atoms with Crippen LogP contribution >= 0.6 is 0 Å². The van der Waals surface area contributed by atoms with Crippen molar-refractivity contribution in [1.29, 1.82) is 0 Å². The van der Waals surface area contributed by atoms with E-state index in [0.717, 1.165) is 18.8 Å². The van der Waals surface area contributed by atoms with Gasteiger partial charge in [-0.3, -0.25) is 0 Å². The van der Waals surface area contributed by atoms with Crippen molar-refractivity contribution in [2.75, 3.05) is 13.1 Å². The molecule has 0 spiro atoms. The molecule has 0 saturated carbocycles. The van der Waals surface area contributed by atoms with Gasteiger partial charge in [-0.25, -0.2) is 4.98 Å². The van der Waals surface area contributed by atoms with Gasteiger partial charge in [0, 0.05) is 13.6 Å².